The Morgan fingerprint density at radius 3 is 2.71 bits per heavy atom. The van der Waals surface area contributed by atoms with Gasteiger partial charge in [-0.3, -0.25) is 14.9 Å². The van der Waals surface area contributed by atoms with Crippen LogP contribution >= 0.6 is 11.3 Å². The molecule has 2 aromatic carbocycles. The van der Waals surface area contributed by atoms with Crippen LogP contribution in [0.5, 0.6) is 5.75 Å². The van der Waals surface area contributed by atoms with Gasteiger partial charge in [-0.25, -0.2) is 4.98 Å². The minimum absolute atomic E-state index is 0.0120. The Kier molecular flexibility index (Phi) is 6.62. The van der Waals surface area contributed by atoms with Crippen molar-refractivity contribution in [1.82, 2.24) is 10.3 Å². The second-order valence-corrected chi connectivity index (χ2v) is 8.53. The number of carbonyl (C=O) groups excluding carboxylic acids is 2. The molecule has 31 heavy (non-hydrogen) atoms. The van der Waals surface area contributed by atoms with Crippen LogP contribution in [0.1, 0.15) is 45.3 Å². The molecular formula is C24H25N3O3S. The van der Waals surface area contributed by atoms with Gasteiger partial charge >= 0.3 is 0 Å². The highest BCUT2D eigenvalue weighted by Gasteiger charge is 2.30. The maximum atomic E-state index is 12.9. The van der Waals surface area contributed by atoms with Gasteiger partial charge in [0.05, 0.1) is 18.7 Å². The van der Waals surface area contributed by atoms with Crippen molar-refractivity contribution in [3.8, 4) is 5.75 Å². The van der Waals surface area contributed by atoms with E-state index in [1.807, 2.05) is 42.5 Å². The van der Waals surface area contributed by atoms with E-state index in [4.69, 9.17) is 4.74 Å². The van der Waals surface area contributed by atoms with E-state index >= 15 is 0 Å². The molecular weight excluding hydrogens is 410 g/mol. The molecule has 0 radical (unpaired) electrons. The number of fused-ring (bicyclic) bond motifs is 1. The third-order valence-corrected chi connectivity index (χ3v) is 6.46. The molecule has 2 amide bonds. The molecule has 0 bridgehead atoms. The van der Waals surface area contributed by atoms with Gasteiger partial charge in [0.2, 0.25) is 5.91 Å². The summed E-state index contributed by atoms with van der Waals surface area (Å²) < 4.78 is 5.38. The van der Waals surface area contributed by atoms with Crippen molar-refractivity contribution in [3.05, 3.63) is 76.3 Å². The third kappa shape index (κ3) is 4.94. The van der Waals surface area contributed by atoms with Crippen LogP contribution in [0, 0.1) is 0 Å². The second-order valence-electron chi connectivity index (χ2n) is 7.45. The summed E-state index contributed by atoms with van der Waals surface area (Å²) in [5.74, 6) is 0.349. The van der Waals surface area contributed by atoms with Crippen molar-refractivity contribution in [2.45, 2.75) is 31.6 Å². The molecule has 7 heteroatoms. The first-order valence-corrected chi connectivity index (χ1v) is 11.2. The number of carbonyl (C=O) groups is 2. The SMILES string of the molecule is COc1ccccc1CCNC(=O)C1CCCc2sc(NC(=O)c3ccccc3)nc21. The van der Waals surface area contributed by atoms with Gasteiger partial charge in [0.15, 0.2) is 5.13 Å². The molecule has 160 valence electrons. The van der Waals surface area contributed by atoms with Gasteiger partial charge in [-0.15, -0.1) is 11.3 Å². The number of benzene rings is 2. The fourth-order valence-corrected chi connectivity index (χ4v) is 4.90. The number of hydrogen-bond donors (Lipinski definition) is 2. The van der Waals surface area contributed by atoms with Crippen molar-refractivity contribution in [1.29, 1.82) is 0 Å². The smallest absolute Gasteiger partial charge is 0.257 e. The van der Waals surface area contributed by atoms with Crippen LogP contribution in [0.25, 0.3) is 0 Å². The molecule has 4 rings (SSSR count). The Morgan fingerprint density at radius 2 is 1.90 bits per heavy atom. The Bertz CT molecular complexity index is 1060. The van der Waals surface area contributed by atoms with Gasteiger partial charge in [0.1, 0.15) is 5.75 Å². The Morgan fingerprint density at radius 1 is 1.13 bits per heavy atom. The van der Waals surface area contributed by atoms with Gasteiger partial charge in [0, 0.05) is 17.0 Å². The average molecular weight is 436 g/mol. The zero-order valence-electron chi connectivity index (χ0n) is 17.4. The van der Waals surface area contributed by atoms with Crippen molar-refractivity contribution < 1.29 is 14.3 Å². The van der Waals surface area contributed by atoms with Crippen LogP contribution in [0.4, 0.5) is 5.13 Å². The second kappa shape index (κ2) is 9.75. The number of rotatable bonds is 7. The van der Waals surface area contributed by atoms with E-state index in [1.165, 1.54) is 11.3 Å². The van der Waals surface area contributed by atoms with Gasteiger partial charge in [-0.05, 0) is 49.4 Å². The summed E-state index contributed by atoms with van der Waals surface area (Å²) in [6.45, 7) is 0.535. The lowest BCUT2D eigenvalue weighted by atomic mass is 9.90. The van der Waals surface area contributed by atoms with Crippen LogP contribution in [-0.2, 0) is 17.6 Å². The molecule has 1 heterocycles. The molecule has 0 saturated carbocycles. The number of aryl methyl sites for hydroxylation is 1. The molecule has 1 aliphatic carbocycles. The number of hydrogen-bond acceptors (Lipinski definition) is 5. The molecule has 0 fully saturated rings. The van der Waals surface area contributed by atoms with Gasteiger partial charge in [0.25, 0.3) is 5.91 Å². The Balaban J connectivity index is 1.39. The van der Waals surface area contributed by atoms with Crippen molar-refractivity contribution in [3.63, 3.8) is 0 Å². The van der Waals surface area contributed by atoms with Crippen LogP contribution in [-0.4, -0.2) is 30.5 Å². The van der Waals surface area contributed by atoms with Crippen molar-refractivity contribution in [2.24, 2.45) is 0 Å². The summed E-state index contributed by atoms with van der Waals surface area (Å²) >= 11 is 1.47. The van der Waals surface area contributed by atoms with Gasteiger partial charge in [-0.2, -0.15) is 0 Å². The van der Waals surface area contributed by atoms with E-state index in [0.717, 1.165) is 41.1 Å². The molecule has 3 aromatic rings. The molecule has 2 N–H and O–H groups in total. The van der Waals surface area contributed by atoms with Crippen molar-refractivity contribution >= 4 is 28.3 Å². The van der Waals surface area contributed by atoms with Crippen LogP contribution in [0.3, 0.4) is 0 Å². The van der Waals surface area contributed by atoms with E-state index in [2.05, 4.69) is 15.6 Å². The van der Waals surface area contributed by atoms with E-state index in [-0.39, 0.29) is 17.7 Å². The number of amides is 2. The van der Waals surface area contributed by atoms with E-state index in [1.54, 1.807) is 19.2 Å². The minimum atomic E-state index is -0.278. The Labute approximate surface area is 185 Å². The number of thiazole rings is 1. The molecule has 0 spiro atoms. The fraction of sp³-hybridized carbons (Fsp3) is 0.292. The monoisotopic (exact) mass is 435 g/mol. The Hall–Kier alpha value is -3.19. The molecule has 1 unspecified atom stereocenters. The number of nitrogens with zero attached hydrogens (tertiary/aromatic N) is 1. The first-order valence-electron chi connectivity index (χ1n) is 10.4. The summed E-state index contributed by atoms with van der Waals surface area (Å²) in [7, 11) is 1.65. The standard InChI is InChI=1S/C24H25N3O3S/c1-30-19-12-6-5-8-16(19)14-15-25-23(29)18-11-7-13-20-21(18)26-24(31-20)27-22(28)17-9-3-2-4-10-17/h2-6,8-10,12,18H,7,11,13-15H2,1H3,(H,25,29)(H,26,27,28). The quantitative estimate of drug-likeness (QED) is 0.583. The molecule has 1 aromatic heterocycles. The van der Waals surface area contributed by atoms with Gasteiger partial charge in [-0.1, -0.05) is 36.4 Å². The first kappa shape index (κ1) is 21.1. The summed E-state index contributed by atoms with van der Waals surface area (Å²) in [5.41, 5.74) is 2.45. The number of nitrogens with one attached hydrogen (secondary N) is 2. The molecule has 1 atom stereocenters. The third-order valence-electron chi connectivity index (χ3n) is 5.41. The minimum Gasteiger partial charge on any atom is -0.496 e. The lowest BCUT2D eigenvalue weighted by Crippen LogP contribution is -2.32. The highest BCUT2D eigenvalue weighted by Crippen LogP contribution is 2.37. The topological polar surface area (TPSA) is 80.3 Å². The number of ether oxygens (including phenoxy) is 1. The molecule has 6 nitrogen and oxygen atoms in total. The summed E-state index contributed by atoms with van der Waals surface area (Å²) in [6, 6.07) is 16.9. The van der Waals surface area contributed by atoms with Crippen LogP contribution in [0.2, 0.25) is 0 Å². The van der Waals surface area contributed by atoms with E-state index in [9.17, 15) is 9.59 Å². The van der Waals surface area contributed by atoms with Gasteiger partial charge < -0.3 is 10.1 Å². The number of methoxy groups -OCH3 is 1. The number of aromatic nitrogens is 1. The van der Waals surface area contributed by atoms with Crippen molar-refractivity contribution in [2.75, 3.05) is 19.0 Å². The summed E-state index contributed by atoms with van der Waals surface area (Å²) in [4.78, 5) is 31.0. The largest absolute Gasteiger partial charge is 0.496 e. The zero-order chi connectivity index (χ0) is 21.6. The number of anilines is 1. The summed E-state index contributed by atoms with van der Waals surface area (Å²) in [6.07, 6.45) is 3.29. The first-order chi connectivity index (χ1) is 15.2. The van der Waals surface area contributed by atoms with E-state index < -0.39 is 0 Å². The lowest BCUT2D eigenvalue weighted by Gasteiger charge is -2.20. The normalized spacial score (nSPS) is 15.1. The zero-order valence-corrected chi connectivity index (χ0v) is 18.2. The van der Waals surface area contributed by atoms with Crippen LogP contribution < -0.4 is 15.4 Å². The maximum Gasteiger partial charge on any atom is 0.257 e. The molecule has 0 saturated heterocycles. The fourth-order valence-electron chi connectivity index (χ4n) is 3.84. The molecule has 0 aliphatic heterocycles. The van der Waals surface area contributed by atoms with E-state index in [0.29, 0.717) is 23.7 Å². The van der Waals surface area contributed by atoms with Crippen LogP contribution in [0.15, 0.2) is 54.6 Å². The summed E-state index contributed by atoms with van der Waals surface area (Å²) in [5, 5.41) is 6.48. The lowest BCUT2D eigenvalue weighted by molar-refractivity contribution is -0.122. The average Bonchev–Trinajstić information content (AvgIpc) is 3.22. The number of para-hydroxylation sites is 1. The highest BCUT2D eigenvalue weighted by molar-refractivity contribution is 7.16. The molecule has 1 aliphatic rings. The predicted octanol–water partition coefficient (Wildman–Crippen LogP) is 4.18. The maximum absolute atomic E-state index is 12.9. The highest BCUT2D eigenvalue weighted by atomic mass is 32.1. The predicted molar refractivity (Wildman–Crippen MR) is 122 cm³/mol.